The Labute approximate surface area is 184 Å². The summed E-state index contributed by atoms with van der Waals surface area (Å²) in [6.07, 6.45) is 4.32. The molecule has 2 aliphatic heterocycles. The second-order valence-electron chi connectivity index (χ2n) is 9.13. The van der Waals surface area contributed by atoms with Crippen molar-refractivity contribution in [2.75, 3.05) is 19.4 Å². The van der Waals surface area contributed by atoms with Crippen LogP contribution in [0.3, 0.4) is 0 Å². The molecule has 0 amide bonds. The minimum atomic E-state index is 0.0129. The number of piperidine rings is 2. The summed E-state index contributed by atoms with van der Waals surface area (Å²) in [5.41, 5.74) is 3.25. The zero-order valence-electron chi connectivity index (χ0n) is 17.9. The number of fused-ring (bicyclic) bond motifs is 2. The molecule has 0 N–H and O–H groups in total. The van der Waals surface area contributed by atoms with E-state index in [1.165, 1.54) is 16.9 Å². The molecule has 1 saturated carbocycles. The second kappa shape index (κ2) is 8.05. The summed E-state index contributed by atoms with van der Waals surface area (Å²) in [6.45, 7) is 2.39. The summed E-state index contributed by atoms with van der Waals surface area (Å²) in [4.78, 5) is 16.6. The van der Waals surface area contributed by atoms with E-state index in [4.69, 9.17) is 4.74 Å². The van der Waals surface area contributed by atoms with Gasteiger partial charge in [0, 0.05) is 22.4 Å². The predicted octanol–water partition coefficient (Wildman–Crippen LogP) is 4.93. The van der Waals surface area contributed by atoms with E-state index >= 15 is 0 Å². The van der Waals surface area contributed by atoms with Gasteiger partial charge in [-0.1, -0.05) is 42.5 Å². The number of ether oxygens (including phenoxy) is 1. The molecule has 4 aliphatic rings. The van der Waals surface area contributed by atoms with E-state index in [1.54, 1.807) is 5.56 Å². The van der Waals surface area contributed by atoms with Crippen molar-refractivity contribution in [3.05, 3.63) is 65.7 Å². The first kappa shape index (κ1) is 20.1. The van der Waals surface area contributed by atoms with Crippen LogP contribution < -0.4 is 0 Å². The second-order valence-corrected chi connectivity index (χ2v) is 10.3. The van der Waals surface area contributed by atoms with E-state index in [-0.39, 0.29) is 23.3 Å². The number of esters is 1. The Balaban J connectivity index is 1.46. The Bertz CT molecular complexity index is 916. The van der Waals surface area contributed by atoms with Gasteiger partial charge in [0.05, 0.1) is 12.5 Å². The Morgan fingerprint density at radius 1 is 1.13 bits per heavy atom. The van der Waals surface area contributed by atoms with Crippen molar-refractivity contribution in [1.29, 1.82) is 0 Å². The van der Waals surface area contributed by atoms with Gasteiger partial charge in [-0.05, 0) is 74.6 Å². The summed E-state index contributed by atoms with van der Waals surface area (Å²) in [5, 5.41) is 0. The molecule has 0 spiro atoms. The van der Waals surface area contributed by atoms with E-state index in [9.17, 15) is 4.79 Å². The van der Waals surface area contributed by atoms with Crippen LogP contribution in [0.25, 0.3) is 0 Å². The first-order valence-corrected chi connectivity index (χ1v) is 12.3. The van der Waals surface area contributed by atoms with Crippen molar-refractivity contribution in [3.63, 3.8) is 0 Å². The average Bonchev–Trinajstić information content (AvgIpc) is 2.77. The SMILES string of the molecule is CCOC(=O)C1CC2C3Cc4ccccc4[C@]2(CCSc2ccccc2)CC1N3C. The van der Waals surface area contributed by atoms with Crippen LogP contribution >= 0.6 is 11.8 Å². The fourth-order valence-electron chi connectivity index (χ4n) is 6.60. The van der Waals surface area contributed by atoms with Gasteiger partial charge in [0.25, 0.3) is 0 Å². The van der Waals surface area contributed by atoms with Crippen LogP contribution in [0.4, 0.5) is 0 Å². The molecule has 0 radical (unpaired) electrons. The molecule has 30 heavy (non-hydrogen) atoms. The molecular formula is C26H31NO2S. The predicted molar refractivity (Wildman–Crippen MR) is 122 cm³/mol. The molecule has 2 aliphatic carbocycles. The van der Waals surface area contributed by atoms with Gasteiger partial charge in [-0.2, -0.15) is 0 Å². The summed E-state index contributed by atoms with van der Waals surface area (Å²) < 4.78 is 5.48. The highest BCUT2D eigenvalue weighted by Crippen LogP contribution is 2.59. The molecule has 2 aromatic rings. The maximum Gasteiger partial charge on any atom is 0.310 e. The van der Waals surface area contributed by atoms with E-state index in [0.29, 0.717) is 18.6 Å². The third-order valence-corrected chi connectivity index (χ3v) is 8.91. The summed E-state index contributed by atoms with van der Waals surface area (Å²) in [5.74, 6) is 1.67. The molecule has 3 fully saturated rings. The van der Waals surface area contributed by atoms with Crippen molar-refractivity contribution >= 4 is 17.7 Å². The van der Waals surface area contributed by atoms with Crippen LogP contribution in [0.15, 0.2) is 59.5 Å². The molecule has 4 unspecified atom stereocenters. The van der Waals surface area contributed by atoms with E-state index in [2.05, 4.69) is 66.5 Å². The van der Waals surface area contributed by atoms with Crippen molar-refractivity contribution in [2.45, 2.75) is 55.0 Å². The van der Waals surface area contributed by atoms with Gasteiger partial charge in [0.2, 0.25) is 0 Å². The van der Waals surface area contributed by atoms with Gasteiger partial charge in [-0.25, -0.2) is 0 Å². The minimum Gasteiger partial charge on any atom is -0.466 e. The van der Waals surface area contributed by atoms with Crippen molar-refractivity contribution in [3.8, 4) is 0 Å². The van der Waals surface area contributed by atoms with Gasteiger partial charge in [0.1, 0.15) is 0 Å². The number of nitrogens with zero attached hydrogens (tertiary/aromatic N) is 1. The number of hydrogen-bond acceptors (Lipinski definition) is 4. The molecule has 158 valence electrons. The zero-order valence-corrected chi connectivity index (χ0v) is 18.7. The lowest BCUT2D eigenvalue weighted by Gasteiger charge is -2.64. The molecule has 0 aromatic heterocycles. The van der Waals surface area contributed by atoms with Crippen LogP contribution in [0.5, 0.6) is 0 Å². The third-order valence-electron chi connectivity index (χ3n) is 7.90. The quantitative estimate of drug-likeness (QED) is 0.488. The van der Waals surface area contributed by atoms with Crippen LogP contribution in [-0.4, -0.2) is 42.4 Å². The van der Waals surface area contributed by atoms with Gasteiger partial charge < -0.3 is 4.74 Å². The number of carbonyl (C=O) groups excluding carboxylic acids is 1. The van der Waals surface area contributed by atoms with Gasteiger partial charge in [-0.15, -0.1) is 11.8 Å². The van der Waals surface area contributed by atoms with Gasteiger partial charge in [-0.3, -0.25) is 9.69 Å². The molecule has 5 atom stereocenters. The standard InChI is InChI=1S/C26H31NO2S/c1-3-29-25(28)20-16-22-23-15-18-9-7-8-12-21(18)26(22,17-24(20)27(23)2)13-14-30-19-10-5-4-6-11-19/h4-12,20,22-24H,3,13-17H2,1-2H3/t20?,22?,23?,24?,26-/m0/s1. The first-order chi connectivity index (χ1) is 14.6. The molecule has 2 aromatic carbocycles. The first-order valence-electron chi connectivity index (χ1n) is 11.3. The van der Waals surface area contributed by atoms with Crippen LogP contribution in [0, 0.1) is 11.8 Å². The van der Waals surface area contributed by atoms with Crippen LogP contribution in [0.1, 0.15) is 37.3 Å². The van der Waals surface area contributed by atoms with Crippen molar-refractivity contribution in [1.82, 2.24) is 4.90 Å². The van der Waals surface area contributed by atoms with Gasteiger partial charge in [0.15, 0.2) is 0 Å². The molecule has 3 nitrogen and oxygen atoms in total. The molecule has 6 rings (SSSR count). The summed E-state index contributed by atoms with van der Waals surface area (Å²) >= 11 is 1.97. The monoisotopic (exact) mass is 421 g/mol. The summed E-state index contributed by atoms with van der Waals surface area (Å²) in [7, 11) is 2.24. The van der Waals surface area contributed by atoms with Gasteiger partial charge >= 0.3 is 5.97 Å². The molecule has 4 bridgehead atoms. The zero-order chi connectivity index (χ0) is 20.7. The Morgan fingerprint density at radius 2 is 1.90 bits per heavy atom. The summed E-state index contributed by atoms with van der Waals surface area (Å²) in [6, 6.07) is 20.6. The van der Waals surface area contributed by atoms with Crippen molar-refractivity contribution in [2.24, 2.45) is 11.8 Å². The van der Waals surface area contributed by atoms with Crippen molar-refractivity contribution < 1.29 is 9.53 Å². The number of carbonyl (C=O) groups is 1. The highest BCUT2D eigenvalue weighted by molar-refractivity contribution is 7.99. The lowest BCUT2D eigenvalue weighted by Crippen LogP contribution is -2.69. The number of likely N-dealkylation sites (N-methyl/N-ethyl adjacent to an activating group) is 1. The number of benzene rings is 2. The normalized spacial score (nSPS) is 31.9. The largest absolute Gasteiger partial charge is 0.466 e. The lowest BCUT2D eigenvalue weighted by molar-refractivity contribution is -0.165. The maximum absolute atomic E-state index is 12.7. The molecule has 2 heterocycles. The third kappa shape index (κ3) is 3.20. The highest BCUT2D eigenvalue weighted by Gasteiger charge is 2.61. The van der Waals surface area contributed by atoms with E-state index in [0.717, 1.165) is 25.0 Å². The Hall–Kier alpha value is -1.78. The maximum atomic E-state index is 12.7. The number of thioether (sulfide) groups is 1. The van der Waals surface area contributed by atoms with E-state index in [1.807, 2.05) is 18.7 Å². The molecular weight excluding hydrogens is 390 g/mol. The number of hydrogen-bond donors (Lipinski definition) is 0. The van der Waals surface area contributed by atoms with Crippen LogP contribution in [0.2, 0.25) is 0 Å². The lowest BCUT2D eigenvalue weighted by atomic mass is 9.48. The smallest absolute Gasteiger partial charge is 0.310 e. The minimum absolute atomic E-state index is 0.0129. The van der Waals surface area contributed by atoms with Crippen LogP contribution in [-0.2, 0) is 21.4 Å². The molecule has 4 heteroatoms. The fourth-order valence-corrected chi connectivity index (χ4v) is 7.66. The fraction of sp³-hybridized carbons (Fsp3) is 0.500. The highest BCUT2D eigenvalue weighted by atomic mass is 32.2. The Morgan fingerprint density at radius 3 is 2.70 bits per heavy atom. The number of rotatable bonds is 6. The topological polar surface area (TPSA) is 29.5 Å². The molecule has 2 saturated heterocycles. The average molecular weight is 422 g/mol. The van der Waals surface area contributed by atoms with E-state index < -0.39 is 0 Å². The Kier molecular flexibility index (Phi) is 5.40.